The van der Waals surface area contributed by atoms with Gasteiger partial charge < -0.3 is 9.47 Å². The van der Waals surface area contributed by atoms with E-state index in [9.17, 15) is 4.79 Å². The average molecular weight is 367 g/mol. The van der Waals surface area contributed by atoms with Crippen molar-refractivity contribution >= 4 is 5.91 Å². The largest absolute Gasteiger partial charge is 0.338 e. The molecule has 0 saturated carbocycles. The molecule has 3 heterocycles. The van der Waals surface area contributed by atoms with Gasteiger partial charge in [0.05, 0.1) is 12.5 Å². The van der Waals surface area contributed by atoms with Crippen LogP contribution in [0.5, 0.6) is 0 Å². The van der Waals surface area contributed by atoms with E-state index in [1.54, 1.807) is 6.33 Å². The van der Waals surface area contributed by atoms with Crippen molar-refractivity contribution < 1.29 is 4.79 Å². The standard InChI is InChI=1S/C21H29N5O/c1-15(2)26-14-22-23-20(26)13-24(3)21(27)17-12-19(16-8-5-4-6-9-16)25-11-7-10-18(17)25/h4-6,8-9,14-15,17-19H,7,10-13H2,1-3H3/t17-,18+,19-/m0/s1. The van der Waals surface area contributed by atoms with Crippen LogP contribution in [0.25, 0.3) is 0 Å². The molecule has 2 aliphatic rings. The Balaban J connectivity index is 1.50. The molecule has 144 valence electrons. The second-order valence-electron chi connectivity index (χ2n) is 8.16. The molecule has 27 heavy (non-hydrogen) atoms. The molecule has 2 saturated heterocycles. The van der Waals surface area contributed by atoms with Gasteiger partial charge in [-0.3, -0.25) is 9.69 Å². The summed E-state index contributed by atoms with van der Waals surface area (Å²) in [5.41, 5.74) is 1.34. The predicted molar refractivity (Wildman–Crippen MR) is 104 cm³/mol. The van der Waals surface area contributed by atoms with Gasteiger partial charge in [-0.1, -0.05) is 30.3 Å². The molecule has 1 aromatic heterocycles. The van der Waals surface area contributed by atoms with Crippen LogP contribution < -0.4 is 0 Å². The lowest BCUT2D eigenvalue weighted by Crippen LogP contribution is -2.38. The van der Waals surface area contributed by atoms with Crippen LogP contribution in [-0.4, -0.2) is 50.1 Å². The summed E-state index contributed by atoms with van der Waals surface area (Å²) in [4.78, 5) is 17.7. The second kappa shape index (κ2) is 7.43. The van der Waals surface area contributed by atoms with Crippen LogP contribution in [0, 0.1) is 5.92 Å². The molecule has 2 aliphatic heterocycles. The highest BCUT2D eigenvalue weighted by molar-refractivity contribution is 5.80. The number of hydrogen-bond donors (Lipinski definition) is 0. The summed E-state index contributed by atoms with van der Waals surface area (Å²) in [5.74, 6) is 1.16. The quantitative estimate of drug-likeness (QED) is 0.815. The molecule has 0 spiro atoms. The van der Waals surface area contributed by atoms with Crippen LogP contribution in [0.2, 0.25) is 0 Å². The monoisotopic (exact) mass is 367 g/mol. The lowest BCUT2D eigenvalue weighted by atomic mass is 9.93. The topological polar surface area (TPSA) is 54.3 Å². The van der Waals surface area contributed by atoms with Crippen LogP contribution in [0.4, 0.5) is 0 Å². The van der Waals surface area contributed by atoms with E-state index < -0.39 is 0 Å². The molecule has 1 amide bonds. The lowest BCUT2D eigenvalue weighted by molar-refractivity contribution is -0.135. The Morgan fingerprint density at radius 2 is 2.07 bits per heavy atom. The van der Waals surface area contributed by atoms with E-state index in [4.69, 9.17) is 0 Å². The maximum atomic E-state index is 13.3. The Morgan fingerprint density at radius 1 is 1.30 bits per heavy atom. The smallest absolute Gasteiger partial charge is 0.227 e. The maximum absolute atomic E-state index is 13.3. The zero-order chi connectivity index (χ0) is 19.0. The van der Waals surface area contributed by atoms with Crippen LogP contribution in [0.15, 0.2) is 36.7 Å². The summed E-state index contributed by atoms with van der Waals surface area (Å²) < 4.78 is 2.03. The molecule has 0 aliphatic carbocycles. The van der Waals surface area contributed by atoms with Gasteiger partial charge in [-0.2, -0.15) is 0 Å². The highest BCUT2D eigenvalue weighted by Gasteiger charge is 2.47. The third-order valence-electron chi connectivity index (χ3n) is 6.14. The van der Waals surface area contributed by atoms with Crippen molar-refractivity contribution in [3.05, 3.63) is 48.0 Å². The van der Waals surface area contributed by atoms with Crippen molar-refractivity contribution in [1.82, 2.24) is 24.6 Å². The van der Waals surface area contributed by atoms with Crippen molar-refractivity contribution in [2.24, 2.45) is 5.92 Å². The van der Waals surface area contributed by atoms with Crippen molar-refractivity contribution in [2.45, 2.75) is 57.8 Å². The fraction of sp³-hybridized carbons (Fsp3) is 0.571. The molecule has 6 heteroatoms. The van der Waals surface area contributed by atoms with Gasteiger partial charge in [-0.15, -0.1) is 10.2 Å². The highest BCUT2D eigenvalue weighted by Crippen LogP contribution is 2.45. The molecule has 4 rings (SSSR count). The third kappa shape index (κ3) is 3.38. The molecule has 0 bridgehead atoms. The van der Waals surface area contributed by atoms with Gasteiger partial charge in [0.15, 0.2) is 5.82 Å². The van der Waals surface area contributed by atoms with E-state index in [2.05, 4.69) is 59.3 Å². The zero-order valence-corrected chi connectivity index (χ0v) is 16.5. The fourth-order valence-electron chi connectivity index (χ4n) is 4.82. The first-order chi connectivity index (χ1) is 13.1. The summed E-state index contributed by atoms with van der Waals surface area (Å²) in [6, 6.07) is 11.7. The lowest BCUT2D eigenvalue weighted by Gasteiger charge is -2.26. The first-order valence-electron chi connectivity index (χ1n) is 10.00. The number of nitrogens with zero attached hydrogens (tertiary/aromatic N) is 5. The molecule has 2 fully saturated rings. The number of amides is 1. The zero-order valence-electron chi connectivity index (χ0n) is 16.5. The third-order valence-corrected chi connectivity index (χ3v) is 6.14. The molecule has 0 N–H and O–H groups in total. The minimum Gasteiger partial charge on any atom is -0.338 e. The molecular formula is C21H29N5O. The summed E-state index contributed by atoms with van der Waals surface area (Å²) >= 11 is 0. The minimum absolute atomic E-state index is 0.0677. The van der Waals surface area contributed by atoms with E-state index in [0.717, 1.165) is 25.2 Å². The molecule has 0 unspecified atom stereocenters. The van der Waals surface area contributed by atoms with E-state index in [1.165, 1.54) is 12.0 Å². The number of carbonyl (C=O) groups excluding carboxylic acids is 1. The molecule has 2 aromatic rings. The molecule has 0 radical (unpaired) electrons. The van der Waals surface area contributed by atoms with Crippen LogP contribution in [0.3, 0.4) is 0 Å². The summed E-state index contributed by atoms with van der Waals surface area (Å²) in [7, 11) is 1.90. The maximum Gasteiger partial charge on any atom is 0.227 e. The van der Waals surface area contributed by atoms with Gasteiger partial charge in [0, 0.05) is 25.2 Å². The van der Waals surface area contributed by atoms with Gasteiger partial charge >= 0.3 is 0 Å². The Hall–Kier alpha value is -2.21. The van der Waals surface area contributed by atoms with E-state index >= 15 is 0 Å². The predicted octanol–water partition coefficient (Wildman–Crippen LogP) is 3.04. The van der Waals surface area contributed by atoms with Gasteiger partial charge in [0.2, 0.25) is 5.91 Å². The van der Waals surface area contributed by atoms with Crippen molar-refractivity contribution in [1.29, 1.82) is 0 Å². The fourth-order valence-corrected chi connectivity index (χ4v) is 4.82. The number of aromatic nitrogens is 3. The first-order valence-corrected chi connectivity index (χ1v) is 10.00. The van der Waals surface area contributed by atoms with Crippen molar-refractivity contribution in [2.75, 3.05) is 13.6 Å². The first kappa shape index (κ1) is 18.2. The Kier molecular flexibility index (Phi) is 5.00. The van der Waals surface area contributed by atoms with E-state index in [1.807, 2.05) is 16.5 Å². The molecular weight excluding hydrogens is 338 g/mol. The Labute approximate surface area is 161 Å². The van der Waals surface area contributed by atoms with Crippen molar-refractivity contribution in [3.63, 3.8) is 0 Å². The number of carbonyl (C=O) groups is 1. The van der Waals surface area contributed by atoms with Gasteiger partial charge in [-0.25, -0.2) is 0 Å². The number of rotatable bonds is 5. The SMILES string of the molecule is CC(C)n1cnnc1CN(C)C(=O)[C@H]1C[C@@H](c2ccccc2)N2CCC[C@H]12. The normalized spacial score (nSPS) is 25.1. The van der Waals surface area contributed by atoms with Crippen LogP contribution in [-0.2, 0) is 11.3 Å². The van der Waals surface area contributed by atoms with Gasteiger partial charge in [-0.05, 0) is 45.2 Å². The van der Waals surface area contributed by atoms with Crippen molar-refractivity contribution in [3.8, 4) is 0 Å². The Morgan fingerprint density at radius 3 is 2.81 bits per heavy atom. The number of hydrogen-bond acceptors (Lipinski definition) is 4. The molecule has 6 nitrogen and oxygen atoms in total. The van der Waals surface area contributed by atoms with E-state index in [0.29, 0.717) is 18.6 Å². The minimum atomic E-state index is 0.0677. The van der Waals surface area contributed by atoms with Gasteiger partial charge in [0.1, 0.15) is 6.33 Å². The van der Waals surface area contributed by atoms with Crippen LogP contribution >= 0.6 is 0 Å². The van der Waals surface area contributed by atoms with Gasteiger partial charge in [0.25, 0.3) is 0 Å². The molecule has 3 atom stereocenters. The second-order valence-corrected chi connectivity index (χ2v) is 8.16. The number of benzene rings is 1. The highest BCUT2D eigenvalue weighted by atomic mass is 16.2. The number of fused-ring (bicyclic) bond motifs is 1. The average Bonchev–Trinajstić information content (AvgIpc) is 3.38. The Bertz CT molecular complexity index is 787. The summed E-state index contributed by atoms with van der Waals surface area (Å²) in [5, 5.41) is 8.25. The van der Waals surface area contributed by atoms with E-state index in [-0.39, 0.29) is 17.9 Å². The molecule has 1 aromatic carbocycles. The summed E-state index contributed by atoms with van der Waals surface area (Å²) in [6.45, 7) is 5.81. The van der Waals surface area contributed by atoms with Crippen LogP contribution in [0.1, 0.15) is 56.6 Å². The summed E-state index contributed by atoms with van der Waals surface area (Å²) in [6.07, 6.45) is 4.96.